The maximum absolute atomic E-state index is 8.26. The van der Waals surface area contributed by atoms with Crippen molar-refractivity contribution >= 4 is 0 Å². The second kappa shape index (κ2) is 21.1. The highest BCUT2D eigenvalue weighted by Gasteiger charge is 1.95. The minimum absolute atomic E-state index is 0.0417. The van der Waals surface area contributed by atoms with Crippen molar-refractivity contribution in [1.29, 1.82) is 0 Å². The Morgan fingerprint density at radius 1 is 0.529 bits per heavy atom. The molecule has 0 aromatic heterocycles. The van der Waals surface area contributed by atoms with E-state index in [-0.39, 0.29) is 26.4 Å². The van der Waals surface area contributed by atoms with Gasteiger partial charge in [0, 0.05) is 0 Å². The highest BCUT2D eigenvalue weighted by atomic mass is 16.5. The first-order chi connectivity index (χ1) is 8.33. The summed E-state index contributed by atoms with van der Waals surface area (Å²) >= 11 is 0. The molecule has 17 heavy (non-hydrogen) atoms. The second-order valence-electron chi connectivity index (χ2n) is 3.18. The minimum Gasteiger partial charge on any atom is -0.394 e. The van der Waals surface area contributed by atoms with Gasteiger partial charge in [-0.3, -0.25) is 0 Å². The van der Waals surface area contributed by atoms with E-state index in [1.165, 1.54) is 19.3 Å². The van der Waals surface area contributed by atoms with Crippen molar-refractivity contribution < 1.29 is 29.9 Å². The van der Waals surface area contributed by atoms with Crippen molar-refractivity contribution in [2.24, 2.45) is 0 Å². The van der Waals surface area contributed by atoms with Gasteiger partial charge in [0.05, 0.1) is 52.9 Å². The van der Waals surface area contributed by atoms with Crippen LogP contribution in [0.15, 0.2) is 0 Å². The Bertz CT molecular complexity index is 97.4. The molecule has 106 valence electrons. The lowest BCUT2D eigenvalue weighted by Gasteiger charge is -2.01. The van der Waals surface area contributed by atoms with Crippen LogP contribution in [-0.2, 0) is 9.47 Å². The van der Waals surface area contributed by atoms with Crippen molar-refractivity contribution in [2.75, 3.05) is 52.9 Å². The SMILES string of the molecule is C1CC1.OCCO.OCCOCCOCCO. The average molecular weight is 254 g/mol. The fourth-order valence-corrected chi connectivity index (χ4v) is 0.451. The van der Waals surface area contributed by atoms with Gasteiger partial charge in [0.25, 0.3) is 0 Å². The maximum atomic E-state index is 8.26. The monoisotopic (exact) mass is 254 g/mol. The zero-order valence-electron chi connectivity index (χ0n) is 10.4. The van der Waals surface area contributed by atoms with Gasteiger partial charge >= 0.3 is 0 Å². The third-order valence-corrected chi connectivity index (χ3v) is 1.30. The highest BCUT2D eigenvalue weighted by Crippen LogP contribution is 2.14. The molecule has 1 aliphatic rings. The number of hydrogen-bond acceptors (Lipinski definition) is 6. The van der Waals surface area contributed by atoms with E-state index in [1.54, 1.807) is 0 Å². The molecule has 6 heteroatoms. The maximum Gasteiger partial charge on any atom is 0.0701 e. The average Bonchev–Trinajstić information content (AvgIpc) is 3.22. The van der Waals surface area contributed by atoms with Crippen LogP contribution >= 0.6 is 0 Å². The van der Waals surface area contributed by atoms with Gasteiger partial charge in [0.2, 0.25) is 0 Å². The highest BCUT2D eigenvalue weighted by molar-refractivity contribution is 4.50. The summed E-state index contributed by atoms with van der Waals surface area (Å²) in [5.74, 6) is 0. The number of rotatable bonds is 8. The molecule has 0 aromatic carbocycles. The number of aliphatic hydroxyl groups excluding tert-OH is 4. The molecule has 1 saturated carbocycles. The molecule has 0 bridgehead atoms. The Kier molecular flexibility index (Phi) is 23.7. The molecule has 1 rings (SSSR count). The van der Waals surface area contributed by atoms with Gasteiger partial charge in [-0.25, -0.2) is 0 Å². The van der Waals surface area contributed by atoms with Gasteiger partial charge in [-0.05, 0) is 0 Å². The lowest BCUT2D eigenvalue weighted by atomic mass is 10.7. The minimum atomic E-state index is -0.125. The summed E-state index contributed by atoms with van der Waals surface area (Å²) in [5.41, 5.74) is 0. The van der Waals surface area contributed by atoms with Crippen LogP contribution in [-0.4, -0.2) is 73.3 Å². The van der Waals surface area contributed by atoms with E-state index in [1.807, 2.05) is 0 Å². The smallest absolute Gasteiger partial charge is 0.0701 e. The summed E-state index contributed by atoms with van der Waals surface area (Å²) < 4.78 is 9.75. The Morgan fingerprint density at radius 3 is 1.06 bits per heavy atom. The van der Waals surface area contributed by atoms with Gasteiger partial charge in [-0.1, -0.05) is 19.3 Å². The van der Waals surface area contributed by atoms with E-state index in [4.69, 9.17) is 29.9 Å². The molecule has 0 aromatic rings. The van der Waals surface area contributed by atoms with Gasteiger partial charge < -0.3 is 29.9 Å². The molecule has 1 fully saturated rings. The zero-order chi connectivity index (χ0) is 13.2. The topological polar surface area (TPSA) is 99.4 Å². The van der Waals surface area contributed by atoms with E-state index in [0.717, 1.165) is 0 Å². The van der Waals surface area contributed by atoms with Crippen LogP contribution in [0.5, 0.6) is 0 Å². The molecule has 0 amide bonds. The lowest BCUT2D eigenvalue weighted by molar-refractivity contribution is 0.0222. The van der Waals surface area contributed by atoms with Crippen LogP contribution in [0, 0.1) is 0 Å². The molecule has 0 aliphatic heterocycles. The van der Waals surface area contributed by atoms with Gasteiger partial charge in [-0.15, -0.1) is 0 Å². The summed E-state index contributed by atoms with van der Waals surface area (Å²) in [6, 6.07) is 0. The van der Waals surface area contributed by atoms with Gasteiger partial charge in [0.1, 0.15) is 0 Å². The van der Waals surface area contributed by atoms with E-state index in [2.05, 4.69) is 0 Å². The molecule has 6 nitrogen and oxygen atoms in total. The number of hydrogen-bond donors (Lipinski definition) is 4. The molecule has 0 unspecified atom stereocenters. The summed E-state index contributed by atoms with van der Waals surface area (Å²) in [4.78, 5) is 0. The molecule has 4 N–H and O–H groups in total. The van der Waals surface area contributed by atoms with Crippen LogP contribution in [0.3, 0.4) is 0 Å². The van der Waals surface area contributed by atoms with E-state index >= 15 is 0 Å². The van der Waals surface area contributed by atoms with Crippen molar-refractivity contribution in [2.45, 2.75) is 19.3 Å². The van der Waals surface area contributed by atoms with Crippen molar-refractivity contribution in [1.82, 2.24) is 0 Å². The Labute approximate surface area is 103 Å². The quantitative estimate of drug-likeness (QED) is 0.421. The molecule has 1 aliphatic carbocycles. The summed E-state index contributed by atoms with van der Waals surface area (Å²) in [7, 11) is 0. The Hall–Kier alpha value is -0.240. The van der Waals surface area contributed by atoms with Gasteiger partial charge in [-0.2, -0.15) is 0 Å². The second-order valence-corrected chi connectivity index (χ2v) is 3.18. The Morgan fingerprint density at radius 2 is 0.882 bits per heavy atom. The predicted molar refractivity (Wildman–Crippen MR) is 63.8 cm³/mol. The van der Waals surface area contributed by atoms with Crippen molar-refractivity contribution in [3.8, 4) is 0 Å². The van der Waals surface area contributed by atoms with E-state index < -0.39 is 0 Å². The van der Waals surface area contributed by atoms with Crippen molar-refractivity contribution in [3.63, 3.8) is 0 Å². The fourth-order valence-electron chi connectivity index (χ4n) is 0.451. The molecule has 0 radical (unpaired) electrons. The Balaban J connectivity index is 0. The van der Waals surface area contributed by atoms with Crippen LogP contribution in [0.4, 0.5) is 0 Å². The number of ether oxygens (including phenoxy) is 2. The lowest BCUT2D eigenvalue weighted by Crippen LogP contribution is -2.09. The first-order valence-corrected chi connectivity index (χ1v) is 5.92. The number of aliphatic hydroxyl groups is 4. The molecule has 0 atom stereocenters. The zero-order valence-corrected chi connectivity index (χ0v) is 10.4. The fraction of sp³-hybridized carbons (Fsp3) is 1.00. The van der Waals surface area contributed by atoms with E-state index in [0.29, 0.717) is 26.4 Å². The summed E-state index contributed by atoms with van der Waals surface area (Å²) in [5, 5.41) is 31.8. The van der Waals surface area contributed by atoms with Crippen LogP contribution in [0.25, 0.3) is 0 Å². The third-order valence-electron chi connectivity index (χ3n) is 1.30. The largest absolute Gasteiger partial charge is 0.394 e. The first-order valence-electron chi connectivity index (χ1n) is 5.92. The molecule has 0 heterocycles. The molecular formula is C11H26O6. The van der Waals surface area contributed by atoms with Crippen molar-refractivity contribution in [3.05, 3.63) is 0 Å². The third kappa shape index (κ3) is 38.9. The molecule has 0 saturated heterocycles. The first kappa shape index (κ1) is 19.1. The predicted octanol–water partition coefficient (Wildman–Crippen LogP) is -0.854. The van der Waals surface area contributed by atoms with E-state index in [9.17, 15) is 0 Å². The summed E-state index contributed by atoms with van der Waals surface area (Å²) in [6.45, 7) is 1.48. The van der Waals surface area contributed by atoms with Crippen LogP contribution in [0.2, 0.25) is 0 Å². The van der Waals surface area contributed by atoms with Crippen LogP contribution in [0.1, 0.15) is 19.3 Å². The summed E-state index contributed by atoms with van der Waals surface area (Å²) in [6.07, 6.45) is 4.50. The van der Waals surface area contributed by atoms with Gasteiger partial charge in [0.15, 0.2) is 0 Å². The molecule has 0 spiro atoms. The standard InChI is InChI=1S/C6H14O4.C3H6.C2H6O2/c7-1-3-9-5-6-10-4-2-8;1-2-3-1;3-1-2-4/h7-8H,1-6H2;1-3H2;3-4H,1-2H2. The van der Waals surface area contributed by atoms with Crippen LogP contribution < -0.4 is 0 Å². The molecular weight excluding hydrogens is 228 g/mol. The normalized spacial score (nSPS) is 12.0.